The molecule has 0 unspecified atom stereocenters. The number of carbonyl (C=O) groups excluding carboxylic acids is 3. The molecule has 0 amide bonds. The molecular weight excluding hydrogens is 1490 g/mol. The minimum Gasteiger partial charge on any atom is -0.508 e. The van der Waals surface area contributed by atoms with Crippen molar-refractivity contribution in [1.29, 1.82) is 0 Å². The van der Waals surface area contributed by atoms with Crippen LogP contribution < -0.4 is 24.4 Å². The molecule has 600 valence electrons. The first-order valence-corrected chi connectivity index (χ1v) is 33.9. The third kappa shape index (κ3) is 19.1. The molecule has 4 aromatic carbocycles. The van der Waals surface area contributed by atoms with E-state index in [1.165, 1.54) is 54.6 Å². The van der Waals surface area contributed by atoms with Gasteiger partial charge in [-0.05, 0) is 102 Å². The molecule has 0 aromatic heterocycles. The van der Waals surface area contributed by atoms with Crippen LogP contribution in [0.5, 0.6) is 51.7 Å². The number of fused-ring (bicyclic) bond motifs is 1. The highest BCUT2D eigenvalue weighted by Gasteiger charge is 2.54. The molecule has 0 spiro atoms. The highest BCUT2D eigenvalue weighted by Crippen LogP contribution is 2.44. The van der Waals surface area contributed by atoms with Crippen molar-refractivity contribution in [2.24, 2.45) is 0 Å². The number of aromatic hydroxyl groups is 5. The SMILES string of the molecule is O=C(C=Cc1ccc(O)c(O)c1)OC[C@H]1O[C@@H](Oc2ccc(/C=C/C(=O)OC[C@H]3O[C@@H](Oc4cc5c(O[C@@H]6O[C@H](CO)[C@@H](O)[C@H](O)[C@H]6O)cc(=O)cc-5oc4-c4ccc(O)cc4)[C@H](O[C@@H]4O[C@H](COC(=O)C=Cc5ccc(O)c(O[C@@H]6O[C@H](CO)[C@@H](O)[C@H](O)[C@H]6O)c5)[C@@H](O)[C@H](O)[C@H]4O)[C@@H](O)[C@@H]3O)cc2O)[C@H](O)[C@@H](O)[C@@H]1O. The van der Waals surface area contributed by atoms with Crippen LogP contribution in [0.1, 0.15) is 16.7 Å². The summed E-state index contributed by atoms with van der Waals surface area (Å²) >= 11 is 0. The number of esters is 3. The van der Waals surface area contributed by atoms with Gasteiger partial charge in [0.25, 0.3) is 0 Å². The molecule has 39 heteroatoms. The van der Waals surface area contributed by atoms with Crippen LogP contribution in [0, 0.1) is 0 Å². The Morgan fingerprint density at radius 3 is 1.26 bits per heavy atom. The molecule has 5 fully saturated rings. The van der Waals surface area contributed by atoms with E-state index in [-0.39, 0.29) is 51.0 Å². The summed E-state index contributed by atoms with van der Waals surface area (Å²) in [5.41, 5.74) is -0.371. The lowest BCUT2D eigenvalue weighted by atomic mass is 9.97. The molecule has 6 heterocycles. The number of phenols is 5. The van der Waals surface area contributed by atoms with Crippen LogP contribution >= 0.6 is 0 Å². The van der Waals surface area contributed by atoms with Gasteiger partial charge in [-0.15, -0.1) is 0 Å². The Kier molecular flexibility index (Phi) is 26.5. The van der Waals surface area contributed by atoms with Crippen LogP contribution in [0.25, 0.3) is 40.9 Å². The molecule has 0 bridgehead atoms. The summed E-state index contributed by atoms with van der Waals surface area (Å²) in [4.78, 5) is 52.6. The summed E-state index contributed by atoms with van der Waals surface area (Å²) in [7, 11) is 0. The first-order chi connectivity index (χ1) is 52.9. The molecule has 6 aliphatic heterocycles. The molecule has 0 saturated carbocycles. The van der Waals surface area contributed by atoms with E-state index in [4.69, 9.17) is 66.0 Å². The second-order valence-corrected chi connectivity index (χ2v) is 25.9. The van der Waals surface area contributed by atoms with Crippen molar-refractivity contribution in [1.82, 2.24) is 0 Å². The number of ether oxygens (including phenoxy) is 13. The van der Waals surface area contributed by atoms with E-state index in [1.807, 2.05) is 0 Å². The molecule has 25 atom stereocenters. The van der Waals surface area contributed by atoms with Gasteiger partial charge in [-0.2, -0.15) is 0 Å². The number of aliphatic hydroxyl groups is 16. The van der Waals surface area contributed by atoms with E-state index in [1.54, 1.807) is 0 Å². The van der Waals surface area contributed by atoms with Crippen LogP contribution in [0.3, 0.4) is 0 Å². The average molecular weight is 1570 g/mol. The minimum absolute atomic E-state index is 0.0778. The summed E-state index contributed by atoms with van der Waals surface area (Å²) in [6.07, 6.45) is -41.7. The van der Waals surface area contributed by atoms with Crippen LogP contribution in [-0.2, 0) is 57.0 Å². The van der Waals surface area contributed by atoms with Crippen molar-refractivity contribution in [3.8, 4) is 74.4 Å². The Balaban J connectivity index is 0.812. The maximum absolute atomic E-state index is 13.5. The second-order valence-electron chi connectivity index (χ2n) is 25.9. The molecule has 11 rings (SSSR count). The Bertz CT molecular complexity index is 4320. The first kappa shape index (κ1) is 82.2. The zero-order valence-electron chi connectivity index (χ0n) is 57.4. The first-order valence-electron chi connectivity index (χ1n) is 33.9. The van der Waals surface area contributed by atoms with E-state index in [0.717, 1.165) is 78.9 Å². The third-order valence-corrected chi connectivity index (χ3v) is 18.2. The van der Waals surface area contributed by atoms with Crippen LogP contribution in [-0.4, -0.2) is 312 Å². The van der Waals surface area contributed by atoms with E-state index < -0.39 is 244 Å². The van der Waals surface area contributed by atoms with E-state index in [0.29, 0.717) is 5.56 Å². The van der Waals surface area contributed by atoms with Crippen molar-refractivity contribution >= 4 is 36.1 Å². The Morgan fingerprint density at radius 2 is 0.766 bits per heavy atom. The van der Waals surface area contributed by atoms with E-state index >= 15 is 0 Å². The summed E-state index contributed by atoms with van der Waals surface area (Å²) in [5, 5.41) is 223. The monoisotopic (exact) mass is 1570 g/mol. The molecule has 111 heavy (non-hydrogen) atoms. The molecule has 5 saturated heterocycles. The van der Waals surface area contributed by atoms with Gasteiger partial charge >= 0.3 is 17.9 Å². The van der Waals surface area contributed by atoms with Gasteiger partial charge in [-0.1, -0.05) is 18.2 Å². The molecular formula is C72H78O39. The standard InChI is InChI=1S/C72H78O39/c73-23-44-52(84)57(89)62(94)69(106-44)103-41-21-33(76)20-40-34(41)22-43(66(101-40)31-7-9-32(75)10-8-31)105-72-67(111-71-65(97)60(92)55(87)47(109-71)26-99-51(83)16-6-30-2-12-36(78)42(19-30)104-70-63(95)58(90)53(85)45(24-74)107-70)61(93)56(88)48(110-72)27-100-50(82)15-5-29-3-13-39(38(80)18-29)102-68-64(96)59(91)54(86)46(108-68)25-98-49(81)14-4-28-1-11-35(77)37(79)17-28/h1-22,44-48,52-65,67-75,77-80,84-97H,23-27H2/b14-4?,15-5+,16-6?/t44-,45-,46-,47-,48-,52-,53-,54-,55-,56-,57+,58+,59+,60+,61+,62-,63-,64-,65-,67-,68-,69-,70-,71+,72-/m1/s1. The number of hydrogen-bond acceptors (Lipinski definition) is 39. The Labute approximate surface area is 624 Å². The van der Waals surface area contributed by atoms with Gasteiger partial charge in [0, 0.05) is 35.9 Å². The zero-order valence-corrected chi connectivity index (χ0v) is 57.4. The predicted octanol–water partition coefficient (Wildman–Crippen LogP) is -4.73. The van der Waals surface area contributed by atoms with Gasteiger partial charge in [0.1, 0.15) is 153 Å². The van der Waals surface area contributed by atoms with Crippen LogP contribution in [0.4, 0.5) is 0 Å². The fourth-order valence-electron chi connectivity index (χ4n) is 12.0. The van der Waals surface area contributed by atoms with E-state index in [9.17, 15) is 126 Å². The number of aliphatic hydroxyl groups excluding tert-OH is 16. The summed E-state index contributed by atoms with van der Waals surface area (Å²) < 4.78 is 80.3. The average Bonchev–Trinajstić information content (AvgIpc) is 0.762. The topological polar surface area (TPSA) is 626 Å². The maximum Gasteiger partial charge on any atom is 0.330 e. The molecule has 21 N–H and O–H groups in total. The van der Waals surface area contributed by atoms with Gasteiger partial charge < -0.3 is 173 Å². The summed E-state index contributed by atoms with van der Waals surface area (Å²) in [5.74, 6) is -7.76. The van der Waals surface area contributed by atoms with Gasteiger partial charge in [-0.3, -0.25) is 4.79 Å². The van der Waals surface area contributed by atoms with Crippen molar-refractivity contribution < 1.29 is 188 Å². The largest absolute Gasteiger partial charge is 0.508 e. The van der Waals surface area contributed by atoms with Gasteiger partial charge in [0.05, 0.1) is 18.8 Å². The number of carbonyl (C=O) groups is 3. The smallest absolute Gasteiger partial charge is 0.330 e. The highest BCUT2D eigenvalue weighted by atomic mass is 16.8. The predicted molar refractivity (Wildman–Crippen MR) is 364 cm³/mol. The molecule has 39 nitrogen and oxygen atoms in total. The van der Waals surface area contributed by atoms with Crippen molar-refractivity contribution in [2.45, 2.75) is 154 Å². The van der Waals surface area contributed by atoms with Crippen molar-refractivity contribution in [2.75, 3.05) is 33.0 Å². The molecule has 4 aromatic rings. The lowest BCUT2D eigenvalue weighted by Gasteiger charge is -2.46. The van der Waals surface area contributed by atoms with Crippen LogP contribution in [0.2, 0.25) is 0 Å². The van der Waals surface area contributed by atoms with Gasteiger partial charge in [0.2, 0.25) is 25.2 Å². The maximum atomic E-state index is 13.5. The summed E-state index contributed by atoms with van der Waals surface area (Å²) in [6, 6.07) is 18.9. The molecule has 1 aliphatic carbocycles. The molecule has 0 radical (unpaired) electrons. The van der Waals surface area contributed by atoms with Crippen molar-refractivity contribution in [3.05, 3.63) is 142 Å². The number of hydrogen-bond donors (Lipinski definition) is 21. The number of phenolic OH excluding ortho intramolecular Hbond substituents is 5. The zero-order chi connectivity index (χ0) is 80.0. The lowest BCUT2D eigenvalue weighted by Crippen LogP contribution is -2.65. The Morgan fingerprint density at radius 1 is 0.360 bits per heavy atom. The normalized spacial score (nSPS) is 32.5. The fourth-order valence-corrected chi connectivity index (χ4v) is 12.0. The fraction of sp³-hybridized carbons (Fsp3) is 0.417. The second kappa shape index (κ2) is 35.7. The van der Waals surface area contributed by atoms with Gasteiger partial charge in [0.15, 0.2) is 63.8 Å². The third-order valence-electron chi connectivity index (χ3n) is 18.2. The van der Waals surface area contributed by atoms with Crippen LogP contribution in [0.15, 0.2) is 125 Å². The summed E-state index contributed by atoms with van der Waals surface area (Å²) in [6.45, 7) is -4.22. The Hall–Kier alpha value is -9.74. The van der Waals surface area contributed by atoms with Crippen molar-refractivity contribution in [3.63, 3.8) is 0 Å². The molecule has 7 aliphatic rings. The minimum atomic E-state index is -2.29. The number of rotatable bonds is 25. The number of benzene rings is 5. The van der Waals surface area contributed by atoms with Gasteiger partial charge in [-0.25, -0.2) is 14.4 Å². The van der Waals surface area contributed by atoms with E-state index in [2.05, 4.69) is 0 Å². The quantitative estimate of drug-likeness (QED) is 0.0111. The highest BCUT2D eigenvalue weighted by molar-refractivity contribution is 5.88. The lowest BCUT2D eigenvalue weighted by molar-refractivity contribution is -0.358.